The summed E-state index contributed by atoms with van der Waals surface area (Å²) in [5.41, 5.74) is 3.61. The molecule has 150 valence electrons. The molecule has 6 heteroatoms. The number of benzene rings is 1. The van der Waals surface area contributed by atoms with Crippen LogP contribution in [0.1, 0.15) is 25.0 Å². The maximum Gasteiger partial charge on any atom is 0.317 e. The average Bonchev–Trinajstić information content (AvgIpc) is 2.77. The maximum absolute atomic E-state index is 12.5. The lowest BCUT2D eigenvalue weighted by Crippen LogP contribution is -2.51. The van der Waals surface area contributed by atoms with Crippen LogP contribution < -0.4 is 10.2 Å². The lowest BCUT2D eigenvalue weighted by Gasteiger charge is -2.36. The zero-order chi connectivity index (χ0) is 19.8. The van der Waals surface area contributed by atoms with Crippen molar-refractivity contribution in [1.82, 2.24) is 20.1 Å². The van der Waals surface area contributed by atoms with Crippen molar-refractivity contribution >= 4 is 11.7 Å². The van der Waals surface area contributed by atoms with Gasteiger partial charge >= 0.3 is 6.03 Å². The molecular formula is C22H31N5O. The van der Waals surface area contributed by atoms with Crippen molar-refractivity contribution in [1.29, 1.82) is 0 Å². The van der Waals surface area contributed by atoms with Gasteiger partial charge in [-0.2, -0.15) is 0 Å². The van der Waals surface area contributed by atoms with Gasteiger partial charge in [-0.3, -0.25) is 9.88 Å². The minimum absolute atomic E-state index is 0.0154. The molecule has 1 fully saturated rings. The number of carbonyl (C=O) groups is 1. The first-order valence-electron chi connectivity index (χ1n) is 10.2. The van der Waals surface area contributed by atoms with Gasteiger partial charge in [-0.05, 0) is 36.3 Å². The largest absolute Gasteiger partial charge is 0.368 e. The Morgan fingerprint density at radius 1 is 0.964 bits per heavy atom. The van der Waals surface area contributed by atoms with Crippen molar-refractivity contribution in [3.63, 3.8) is 0 Å². The summed E-state index contributed by atoms with van der Waals surface area (Å²) in [6, 6.07) is 12.6. The molecule has 0 unspecified atom stereocenters. The molecule has 0 aliphatic carbocycles. The van der Waals surface area contributed by atoms with Gasteiger partial charge in [-0.1, -0.05) is 38.1 Å². The van der Waals surface area contributed by atoms with Crippen molar-refractivity contribution in [3.8, 4) is 0 Å². The number of urea groups is 1. The van der Waals surface area contributed by atoms with Crippen molar-refractivity contribution in [2.45, 2.75) is 26.9 Å². The molecule has 0 spiro atoms. The molecule has 1 saturated heterocycles. The Hall–Kier alpha value is -2.60. The first-order chi connectivity index (χ1) is 13.7. The third-order valence-electron chi connectivity index (χ3n) is 5.36. The van der Waals surface area contributed by atoms with Crippen LogP contribution in [0.15, 0.2) is 48.8 Å². The molecule has 0 bridgehead atoms. The van der Waals surface area contributed by atoms with Crippen LogP contribution in [0.5, 0.6) is 0 Å². The van der Waals surface area contributed by atoms with E-state index in [9.17, 15) is 4.79 Å². The Labute approximate surface area is 168 Å². The van der Waals surface area contributed by atoms with E-state index < -0.39 is 0 Å². The second-order valence-corrected chi connectivity index (χ2v) is 7.12. The van der Waals surface area contributed by atoms with Crippen LogP contribution in [0.2, 0.25) is 0 Å². The van der Waals surface area contributed by atoms with Crippen LogP contribution in [0.3, 0.4) is 0 Å². The topological polar surface area (TPSA) is 51.7 Å². The van der Waals surface area contributed by atoms with E-state index in [1.54, 1.807) is 0 Å². The quantitative estimate of drug-likeness (QED) is 0.801. The van der Waals surface area contributed by atoms with E-state index in [2.05, 4.69) is 58.2 Å². The highest BCUT2D eigenvalue weighted by Gasteiger charge is 2.20. The van der Waals surface area contributed by atoms with Crippen molar-refractivity contribution < 1.29 is 4.79 Å². The molecule has 1 aliphatic heterocycles. The predicted molar refractivity (Wildman–Crippen MR) is 113 cm³/mol. The maximum atomic E-state index is 12.5. The van der Waals surface area contributed by atoms with Gasteiger partial charge in [0.05, 0.1) is 0 Å². The summed E-state index contributed by atoms with van der Waals surface area (Å²) in [5, 5.41) is 3.05. The molecule has 2 heterocycles. The Kier molecular flexibility index (Phi) is 7.25. The number of pyridine rings is 1. The van der Waals surface area contributed by atoms with Crippen LogP contribution in [0.4, 0.5) is 10.5 Å². The number of carbonyl (C=O) groups excluding carboxylic acids is 1. The van der Waals surface area contributed by atoms with Gasteiger partial charge in [0.2, 0.25) is 0 Å². The summed E-state index contributed by atoms with van der Waals surface area (Å²) in [5.74, 6) is 0. The van der Waals surface area contributed by atoms with Crippen molar-refractivity contribution in [2.24, 2.45) is 0 Å². The van der Waals surface area contributed by atoms with Gasteiger partial charge < -0.3 is 15.1 Å². The molecule has 0 radical (unpaired) electrons. The summed E-state index contributed by atoms with van der Waals surface area (Å²) in [6.45, 7) is 11.2. The van der Waals surface area contributed by atoms with E-state index in [0.29, 0.717) is 6.54 Å². The van der Waals surface area contributed by atoms with E-state index in [1.165, 1.54) is 11.3 Å². The van der Waals surface area contributed by atoms with Gasteiger partial charge in [-0.25, -0.2) is 4.79 Å². The molecule has 1 aromatic heterocycles. The van der Waals surface area contributed by atoms with E-state index in [-0.39, 0.29) is 6.03 Å². The highest BCUT2D eigenvalue weighted by atomic mass is 16.2. The van der Waals surface area contributed by atoms with Crippen molar-refractivity contribution in [3.05, 3.63) is 59.9 Å². The Balaban J connectivity index is 1.43. The van der Waals surface area contributed by atoms with Gasteiger partial charge in [0.15, 0.2) is 0 Å². The number of amides is 2. The van der Waals surface area contributed by atoms with Crippen LogP contribution in [0.25, 0.3) is 0 Å². The molecule has 2 aromatic rings. The first kappa shape index (κ1) is 20.1. The Bertz CT molecular complexity index is 722. The summed E-state index contributed by atoms with van der Waals surface area (Å²) in [6.07, 6.45) is 3.61. The summed E-state index contributed by atoms with van der Waals surface area (Å²) < 4.78 is 0. The molecular weight excluding hydrogens is 350 g/mol. The summed E-state index contributed by atoms with van der Waals surface area (Å²) in [4.78, 5) is 23.1. The molecule has 1 N–H and O–H groups in total. The van der Waals surface area contributed by atoms with E-state index in [1.807, 2.05) is 29.4 Å². The lowest BCUT2D eigenvalue weighted by atomic mass is 10.1. The number of anilines is 1. The van der Waals surface area contributed by atoms with E-state index >= 15 is 0 Å². The van der Waals surface area contributed by atoms with Crippen LogP contribution >= 0.6 is 0 Å². The highest BCUT2D eigenvalue weighted by molar-refractivity contribution is 5.74. The molecule has 0 atom stereocenters. The van der Waals surface area contributed by atoms with E-state index in [0.717, 1.165) is 51.4 Å². The van der Waals surface area contributed by atoms with Gasteiger partial charge in [-0.15, -0.1) is 0 Å². The fraction of sp³-hybridized carbons (Fsp3) is 0.455. The Morgan fingerprint density at radius 3 is 2.18 bits per heavy atom. The summed E-state index contributed by atoms with van der Waals surface area (Å²) in [7, 11) is 0. The molecule has 3 rings (SSSR count). The number of rotatable bonds is 7. The van der Waals surface area contributed by atoms with Gasteiger partial charge in [0, 0.05) is 57.3 Å². The SMILES string of the molecule is CCN(CC)Cc1ccc(CNC(=O)N2CCN(c3ccncc3)CC2)cc1. The molecule has 2 amide bonds. The first-order valence-corrected chi connectivity index (χ1v) is 10.2. The molecule has 28 heavy (non-hydrogen) atoms. The molecule has 0 saturated carbocycles. The standard InChI is InChI=1S/C22H31N5O/c1-3-25(4-2)18-20-7-5-19(6-8-20)17-24-22(28)27-15-13-26(14-16-27)21-9-11-23-12-10-21/h5-12H,3-4,13-18H2,1-2H3,(H,24,28). The van der Waals surface area contributed by atoms with E-state index in [4.69, 9.17) is 0 Å². The average molecular weight is 382 g/mol. The van der Waals surface area contributed by atoms with Crippen molar-refractivity contribution in [2.75, 3.05) is 44.2 Å². The monoisotopic (exact) mass is 381 g/mol. The van der Waals surface area contributed by atoms with Crippen LogP contribution in [-0.2, 0) is 13.1 Å². The zero-order valence-electron chi connectivity index (χ0n) is 17.0. The fourth-order valence-electron chi connectivity index (χ4n) is 3.48. The number of aromatic nitrogens is 1. The minimum Gasteiger partial charge on any atom is -0.368 e. The number of hydrogen-bond acceptors (Lipinski definition) is 4. The van der Waals surface area contributed by atoms with Gasteiger partial charge in [0.25, 0.3) is 0 Å². The summed E-state index contributed by atoms with van der Waals surface area (Å²) >= 11 is 0. The fourth-order valence-corrected chi connectivity index (χ4v) is 3.48. The molecule has 1 aliphatic rings. The van der Waals surface area contributed by atoms with Crippen LogP contribution in [0, 0.1) is 0 Å². The normalized spacial score (nSPS) is 14.4. The molecule has 6 nitrogen and oxygen atoms in total. The second kappa shape index (κ2) is 10.1. The third-order valence-corrected chi connectivity index (χ3v) is 5.36. The third kappa shape index (κ3) is 5.45. The van der Waals surface area contributed by atoms with Crippen LogP contribution in [-0.4, -0.2) is 60.1 Å². The smallest absolute Gasteiger partial charge is 0.317 e. The minimum atomic E-state index is 0.0154. The second-order valence-electron chi connectivity index (χ2n) is 7.12. The predicted octanol–water partition coefficient (Wildman–Crippen LogP) is 2.96. The highest BCUT2D eigenvalue weighted by Crippen LogP contribution is 2.15. The number of nitrogens with zero attached hydrogens (tertiary/aromatic N) is 4. The zero-order valence-corrected chi connectivity index (χ0v) is 17.0. The number of nitrogens with one attached hydrogen (secondary N) is 1. The Morgan fingerprint density at radius 2 is 1.57 bits per heavy atom. The molecule has 1 aromatic carbocycles. The lowest BCUT2D eigenvalue weighted by molar-refractivity contribution is 0.194. The number of hydrogen-bond donors (Lipinski definition) is 1. The number of piperazine rings is 1. The van der Waals surface area contributed by atoms with Gasteiger partial charge in [0.1, 0.15) is 0 Å².